The predicted octanol–water partition coefficient (Wildman–Crippen LogP) is 1.86. The number of nitrogens with two attached hydrogens (primary N) is 1. The zero-order chi connectivity index (χ0) is 13.7. The van der Waals surface area contributed by atoms with E-state index >= 15 is 0 Å². The van der Waals surface area contributed by atoms with E-state index in [0.717, 1.165) is 38.3 Å². The Morgan fingerprint density at radius 3 is 2.70 bits per heavy atom. The van der Waals surface area contributed by atoms with E-state index in [-0.39, 0.29) is 35.8 Å². The Kier molecular flexibility index (Phi) is 4.39. The minimum absolute atomic E-state index is 0. The third kappa shape index (κ3) is 2.26. The lowest BCUT2D eigenvalue weighted by molar-refractivity contribution is -0.225. The molecule has 116 valence electrons. The molecule has 3 N–H and O–H groups in total. The summed E-state index contributed by atoms with van der Waals surface area (Å²) in [5.74, 6) is 1.07. The Balaban J connectivity index is 0.00000147. The van der Waals surface area contributed by atoms with Crippen molar-refractivity contribution in [2.75, 3.05) is 13.2 Å². The maximum Gasteiger partial charge on any atom is 0.241 e. The van der Waals surface area contributed by atoms with Gasteiger partial charge < -0.3 is 15.8 Å². The van der Waals surface area contributed by atoms with Gasteiger partial charge in [-0.15, -0.1) is 12.4 Å². The van der Waals surface area contributed by atoms with Crippen molar-refractivity contribution in [1.82, 2.24) is 5.32 Å². The molecule has 0 aromatic heterocycles. The lowest BCUT2D eigenvalue weighted by Crippen LogP contribution is -2.82. The maximum absolute atomic E-state index is 12.5. The van der Waals surface area contributed by atoms with Gasteiger partial charge in [0, 0.05) is 24.5 Å². The number of carbonyl (C=O) groups excluding carboxylic acids is 1. The van der Waals surface area contributed by atoms with Crippen molar-refractivity contribution in [2.24, 2.45) is 23.0 Å². The van der Waals surface area contributed by atoms with Crippen molar-refractivity contribution in [2.45, 2.75) is 57.6 Å². The quantitative estimate of drug-likeness (QED) is 0.833. The summed E-state index contributed by atoms with van der Waals surface area (Å²) < 4.78 is 5.83. The summed E-state index contributed by atoms with van der Waals surface area (Å²) in [5.41, 5.74) is 5.51. The second-order valence-corrected chi connectivity index (χ2v) is 7.12. The molecule has 0 bridgehead atoms. The van der Waals surface area contributed by atoms with Gasteiger partial charge in [0.05, 0.1) is 6.10 Å². The van der Waals surface area contributed by atoms with Gasteiger partial charge in [-0.3, -0.25) is 4.79 Å². The predicted molar refractivity (Wildman–Crippen MR) is 80.8 cm³/mol. The van der Waals surface area contributed by atoms with E-state index in [4.69, 9.17) is 10.5 Å². The highest BCUT2D eigenvalue weighted by Gasteiger charge is 2.70. The summed E-state index contributed by atoms with van der Waals surface area (Å²) in [5, 5.41) is 3.07. The first-order valence-corrected chi connectivity index (χ1v) is 7.66. The summed E-state index contributed by atoms with van der Waals surface area (Å²) >= 11 is 0. The third-order valence-electron chi connectivity index (χ3n) is 5.60. The minimum Gasteiger partial charge on any atom is -0.377 e. The van der Waals surface area contributed by atoms with Crippen LogP contribution in [0.25, 0.3) is 0 Å². The molecule has 1 heterocycles. The molecule has 3 atom stereocenters. The molecule has 4 nitrogen and oxygen atoms in total. The van der Waals surface area contributed by atoms with Gasteiger partial charge in [-0.25, -0.2) is 0 Å². The number of nitrogens with one attached hydrogen (secondary N) is 1. The van der Waals surface area contributed by atoms with Crippen molar-refractivity contribution in [3.63, 3.8) is 0 Å². The molecule has 1 saturated heterocycles. The molecule has 3 fully saturated rings. The molecule has 3 aliphatic rings. The van der Waals surface area contributed by atoms with E-state index < -0.39 is 5.54 Å². The Hall–Kier alpha value is -0.320. The van der Waals surface area contributed by atoms with Crippen LogP contribution in [-0.2, 0) is 9.53 Å². The van der Waals surface area contributed by atoms with Crippen LogP contribution in [0.15, 0.2) is 0 Å². The van der Waals surface area contributed by atoms with Crippen LogP contribution in [0.1, 0.15) is 46.0 Å². The van der Waals surface area contributed by atoms with Crippen molar-refractivity contribution in [3.05, 3.63) is 0 Å². The minimum atomic E-state index is -0.748. The smallest absolute Gasteiger partial charge is 0.241 e. The average Bonchev–Trinajstić information content (AvgIpc) is 3.21. The summed E-state index contributed by atoms with van der Waals surface area (Å²) in [4.78, 5) is 12.5. The number of halogens is 1. The van der Waals surface area contributed by atoms with Crippen LogP contribution in [0.5, 0.6) is 0 Å². The van der Waals surface area contributed by atoms with Crippen LogP contribution in [0.4, 0.5) is 0 Å². The first-order valence-electron chi connectivity index (χ1n) is 7.66. The third-order valence-corrected chi connectivity index (χ3v) is 5.60. The molecule has 2 aliphatic carbocycles. The largest absolute Gasteiger partial charge is 0.377 e. The fraction of sp³-hybridized carbons (Fsp3) is 0.933. The molecule has 1 aliphatic heterocycles. The van der Waals surface area contributed by atoms with Crippen LogP contribution >= 0.6 is 12.4 Å². The number of carbonyl (C=O) groups is 1. The highest BCUT2D eigenvalue weighted by atomic mass is 35.5. The Morgan fingerprint density at radius 1 is 1.35 bits per heavy atom. The first-order chi connectivity index (χ1) is 8.98. The molecule has 3 unspecified atom stereocenters. The lowest BCUT2D eigenvalue weighted by atomic mass is 9.46. The van der Waals surface area contributed by atoms with Crippen LogP contribution in [0.3, 0.4) is 0 Å². The Bertz CT molecular complexity index is 384. The number of amides is 1. The van der Waals surface area contributed by atoms with Crippen LogP contribution < -0.4 is 11.1 Å². The van der Waals surface area contributed by atoms with Crippen LogP contribution in [0.2, 0.25) is 0 Å². The highest BCUT2D eigenvalue weighted by Crippen LogP contribution is 2.57. The molecule has 1 amide bonds. The number of hydrogen-bond acceptors (Lipinski definition) is 3. The number of fused-ring (bicyclic) bond motifs is 1. The molecule has 0 spiro atoms. The first kappa shape index (κ1) is 16.1. The molecule has 5 heteroatoms. The molecule has 20 heavy (non-hydrogen) atoms. The Morgan fingerprint density at radius 2 is 2.05 bits per heavy atom. The van der Waals surface area contributed by atoms with E-state index in [1.54, 1.807) is 0 Å². The SMILES string of the molecule is CC1(C)C2OCCCC2C1(N)C(=O)NCCC1CC1.Cl. The second kappa shape index (κ2) is 5.47. The average molecular weight is 303 g/mol. The van der Waals surface area contributed by atoms with Crippen molar-refractivity contribution >= 4 is 18.3 Å². The van der Waals surface area contributed by atoms with Crippen LogP contribution in [-0.4, -0.2) is 30.7 Å². The normalized spacial score (nSPS) is 38.1. The van der Waals surface area contributed by atoms with Gasteiger partial charge in [0.2, 0.25) is 5.91 Å². The van der Waals surface area contributed by atoms with Crippen molar-refractivity contribution < 1.29 is 9.53 Å². The van der Waals surface area contributed by atoms with Crippen molar-refractivity contribution in [1.29, 1.82) is 0 Å². The van der Waals surface area contributed by atoms with Gasteiger partial charge in [-0.1, -0.05) is 26.7 Å². The van der Waals surface area contributed by atoms with E-state index in [1.165, 1.54) is 12.8 Å². The molecule has 3 rings (SSSR count). The van der Waals surface area contributed by atoms with Gasteiger partial charge in [0.15, 0.2) is 0 Å². The topological polar surface area (TPSA) is 64.3 Å². The molecule has 0 aromatic carbocycles. The van der Waals surface area contributed by atoms with E-state index in [1.807, 2.05) is 0 Å². The second-order valence-electron chi connectivity index (χ2n) is 7.12. The summed E-state index contributed by atoms with van der Waals surface area (Å²) in [7, 11) is 0. The van der Waals surface area contributed by atoms with E-state index in [0.29, 0.717) is 0 Å². The van der Waals surface area contributed by atoms with Crippen molar-refractivity contribution in [3.8, 4) is 0 Å². The Labute approximate surface area is 127 Å². The summed E-state index contributed by atoms with van der Waals surface area (Å²) in [6.45, 7) is 5.72. The van der Waals surface area contributed by atoms with Gasteiger partial charge in [-0.05, 0) is 25.2 Å². The summed E-state index contributed by atoms with van der Waals surface area (Å²) in [6, 6.07) is 0. The monoisotopic (exact) mass is 302 g/mol. The van der Waals surface area contributed by atoms with Gasteiger partial charge in [0.25, 0.3) is 0 Å². The van der Waals surface area contributed by atoms with Crippen LogP contribution in [0, 0.1) is 17.3 Å². The maximum atomic E-state index is 12.5. The zero-order valence-corrected chi connectivity index (χ0v) is 13.3. The molecule has 0 aromatic rings. The number of hydrogen-bond donors (Lipinski definition) is 2. The fourth-order valence-corrected chi connectivity index (χ4v) is 3.98. The molecular formula is C15H27ClN2O2. The molecular weight excluding hydrogens is 276 g/mol. The van der Waals surface area contributed by atoms with Gasteiger partial charge >= 0.3 is 0 Å². The standard InChI is InChI=1S/C15H26N2O2.ClH/c1-14(2)12-11(4-3-9-19-12)15(14,16)13(18)17-8-7-10-5-6-10;/h10-12H,3-9,16H2,1-2H3,(H,17,18);1H. The summed E-state index contributed by atoms with van der Waals surface area (Å²) in [6.07, 6.45) is 5.95. The van der Waals surface area contributed by atoms with E-state index in [2.05, 4.69) is 19.2 Å². The molecule has 2 saturated carbocycles. The van der Waals surface area contributed by atoms with E-state index in [9.17, 15) is 4.79 Å². The van der Waals surface area contributed by atoms with Gasteiger partial charge in [0.1, 0.15) is 5.54 Å². The highest BCUT2D eigenvalue weighted by molar-refractivity contribution is 5.89. The number of rotatable bonds is 4. The lowest BCUT2D eigenvalue weighted by Gasteiger charge is -2.65. The molecule has 0 radical (unpaired) electrons. The zero-order valence-electron chi connectivity index (χ0n) is 12.5. The fourth-order valence-electron chi connectivity index (χ4n) is 3.98. The van der Waals surface area contributed by atoms with Gasteiger partial charge in [-0.2, -0.15) is 0 Å². The number of ether oxygens (including phenoxy) is 1.